The maximum atomic E-state index is 12.7. The molecule has 4 aromatic rings. The van der Waals surface area contributed by atoms with Gasteiger partial charge in [0.15, 0.2) is 0 Å². The van der Waals surface area contributed by atoms with Crippen molar-refractivity contribution in [1.82, 2.24) is 14.8 Å². The van der Waals surface area contributed by atoms with Gasteiger partial charge in [0.1, 0.15) is 16.6 Å². The van der Waals surface area contributed by atoms with Gasteiger partial charge in [-0.15, -0.1) is 10.2 Å². The first-order valence-electron chi connectivity index (χ1n) is 9.35. The maximum Gasteiger partial charge on any atom is 0.268 e. The Hall–Kier alpha value is -3.54. The fraction of sp³-hybridized carbons (Fsp3) is 0.0435. The second-order valence-electron chi connectivity index (χ2n) is 6.57. The van der Waals surface area contributed by atoms with Crippen molar-refractivity contribution < 1.29 is 4.79 Å². The van der Waals surface area contributed by atoms with E-state index in [0.717, 1.165) is 26.4 Å². The second-order valence-corrected chi connectivity index (χ2v) is 8.54. The van der Waals surface area contributed by atoms with E-state index in [2.05, 4.69) is 31.4 Å². The summed E-state index contributed by atoms with van der Waals surface area (Å²) in [6.45, 7) is 0. The highest BCUT2D eigenvalue weighted by Crippen LogP contribution is 2.21. The molecule has 1 amide bonds. The lowest BCUT2D eigenvalue weighted by molar-refractivity contribution is -0.112. The summed E-state index contributed by atoms with van der Waals surface area (Å²) in [5.74, 6) is -0.520. The van der Waals surface area contributed by atoms with E-state index in [9.17, 15) is 10.1 Å². The number of carbonyl (C=O) groups is 1. The number of hydrogen-bond donors (Lipinski definition) is 1. The van der Waals surface area contributed by atoms with Crippen LogP contribution in [0.5, 0.6) is 0 Å². The van der Waals surface area contributed by atoms with Gasteiger partial charge in [0.2, 0.25) is 5.13 Å². The first kappa shape index (κ1) is 20.7. The number of benzene rings is 2. The average Bonchev–Trinajstić information content (AvgIpc) is 3.42. The molecule has 0 unspecified atom stereocenters. The zero-order valence-electron chi connectivity index (χ0n) is 16.2. The molecule has 6 nitrogen and oxygen atoms in total. The monoisotopic (exact) mass is 489 g/mol. The number of rotatable bonds is 6. The average molecular weight is 490 g/mol. The maximum absolute atomic E-state index is 12.7. The van der Waals surface area contributed by atoms with Crippen molar-refractivity contribution in [1.29, 1.82) is 5.26 Å². The van der Waals surface area contributed by atoms with Crippen LogP contribution in [-0.4, -0.2) is 20.7 Å². The van der Waals surface area contributed by atoms with E-state index in [-0.39, 0.29) is 5.57 Å². The molecule has 2 aromatic heterocycles. The van der Waals surface area contributed by atoms with E-state index < -0.39 is 5.91 Å². The SMILES string of the molecule is N#C/C(=C/c1cccn1-c1ccc(Br)cc1)C(=O)Nc1nnc(Cc2ccccc2)s1. The number of amides is 1. The molecule has 0 aliphatic carbocycles. The van der Waals surface area contributed by atoms with Crippen LogP contribution in [0.15, 0.2) is 83.0 Å². The van der Waals surface area contributed by atoms with Gasteiger partial charge in [-0.1, -0.05) is 57.6 Å². The number of hydrogen-bond acceptors (Lipinski definition) is 5. The Morgan fingerprint density at radius 1 is 1.10 bits per heavy atom. The zero-order chi connectivity index (χ0) is 21.6. The molecule has 8 heteroatoms. The Labute approximate surface area is 191 Å². The number of aromatic nitrogens is 3. The highest BCUT2D eigenvalue weighted by molar-refractivity contribution is 9.10. The predicted octanol–water partition coefficient (Wildman–Crippen LogP) is 5.23. The fourth-order valence-corrected chi connectivity index (χ4v) is 3.99. The second kappa shape index (κ2) is 9.51. The number of nitrogens with one attached hydrogen (secondary N) is 1. The lowest BCUT2D eigenvalue weighted by Gasteiger charge is -2.07. The number of nitrogens with zero attached hydrogens (tertiary/aromatic N) is 4. The minimum Gasteiger partial charge on any atom is -0.317 e. The van der Waals surface area contributed by atoms with E-state index >= 15 is 0 Å². The normalized spacial score (nSPS) is 11.2. The summed E-state index contributed by atoms with van der Waals surface area (Å²) in [6.07, 6.45) is 4.07. The summed E-state index contributed by atoms with van der Waals surface area (Å²) in [4.78, 5) is 12.7. The Morgan fingerprint density at radius 3 is 2.61 bits per heavy atom. The van der Waals surface area contributed by atoms with Crippen molar-refractivity contribution in [2.75, 3.05) is 5.32 Å². The van der Waals surface area contributed by atoms with E-state index in [1.165, 1.54) is 11.3 Å². The van der Waals surface area contributed by atoms with Crippen molar-refractivity contribution in [3.63, 3.8) is 0 Å². The van der Waals surface area contributed by atoms with Crippen LogP contribution in [-0.2, 0) is 11.2 Å². The highest BCUT2D eigenvalue weighted by atomic mass is 79.9. The van der Waals surface area contributed by atoms with Gasteiger partial charge >= 0.3 is 0 Å². The molecule has 0 radical (unpaired) electrons. The first-order chi connectivity index (χ1) is 15.1. The highest BCUT2D eigenvalue weighted by Gasteiger charge is 2.14. The molecule has 0 aliphatic heterocycles. The number of anilines is 1. The van der Waals surface area contributed by atoms with Crippen LogP contribution < -0.4 is 5.32 Å². The minimum absolute atomic E-state index is 0.0168. The third-order valence-corrected chi connectivity index (χ3v) is 5.80. The number of nitriles is 1. The molecule has 0 saturated heterocycles. The Morgan fingerprint density at radius 2 is 1.87 bits per heavy atom. The molecular formula is C23H16BrN5OS. The van der Waals surface area contributed by atoms with Crippen LogP contribution >= 0.6 is 27.3 Å². The Balaban J connectivity index is 1.50. The molecule has 0 aliphatic rings. The van der Waals surface area contributed by atoms with Crippen LogP contribution in [0.4, 0.5) is 5.13 Å². The van der Waals surface area contributed by atoms with E-state index in [1.54, 1.807) is 6.08 Å². The van der Waals surface area contributed by atoms with Gasteiger partial charge in [-0.25, -0.2) is 0 Å². The summed E-state index contributed by atoms with van der Waals surface area (Å²) in [5.41, 5.74) is 2.74. The van der Waals surface area contributed by atoms with Crippen molar-refractivity contribution in [3.8, 4) is 11.8 Å². The van der Waals surface area contributed by atoms with Gasteiger partial charge in [0, 0.05) is 28.5 Å². The summed E-state index contributed by atoms with van der Waals surface area (Å²) < 4.78 is 2.88. The van der Waals surface area contributed by atoms with Gasteiger partial charge in [-0.3, -0.25) is 10.1 Å². The molecule has 0 bridgehead atoms. The standard InChI is InChI=1S/C23H16BrN5OS/c24-18-8-10-19(11-9-18)29-12-4-7-20(29)14-17(15-25)22(30)26-23-28-27-21(31-23)13-16-5-2-1-3-6-16/h1-12,14H,13H2,(H,26,28,30)/b17-14-. The van der Waals surface area contributed by atoms with Crippen molar-refractivity contribution >= 4 is 44.4 Å². The zero-order valence-corrected chi connectivity index (χ0v) is 18.6. The fourth-order valence-electron chi connectivity index (χ4n) is 2.96. The van der Waals surface area contributed by atoms with E-state index in [0.29, 0.717) is 11.6 Å². The first-order valence-corrected chi connectivity index (χ1v) is 11.0. The third-order valence-electron chi connectivity index (χ3n) is 4.43. The largest absolute Gasteiger partial charge is 0.317 e. The van der Waals surface area contributed by atoms with E-state index in [4.69, 9.17) is 0 Å². The van der Waals surface area contributed by atoms with Crippen LogP contribution in [0.2, 0.25) is 0 Å². The van der Waals surface area contributed by atoms with Crippen molar-refractivity contribution in [2.24, 2.45) is 0 Å². The van der Waals surface area contributed by atoms with Crippen molar-refractivity contribution in [3.05, 3.63) is 99.2 Å². The smallest absolute Gasteiger partial charge is 0.268 e. The summed E-state index contributed by atoms with van der Waals surface area (Å²) in [5, 5.41) is 21.5. The van der Waals surface area contributed by atoms with Gasteiger partial charge in [-0.2, -0.15) is 5.26 Å². The van der Waals surface area contributed by atoms with Crippen molar-refractivity contribution in [2.45, 2.75) is 6.42 Å². The summed E-state index contributed by atoms with van der Waals surface area (Å²) >= 11 is 4.71. The topological polar surface area (TPSA) is 83.6 Å². The molecule has 4 rings (SSSR count). The molecule has 31 heavy (non-hydrogen) atoms. The minimum atomic E-state index is -0.520. The van der Waals surface area contributed by atoms with Gasteiger partial charge in [0.05, 0.1) is 0 Å². The molecule has 152 valence electrons. The molecule has 2 aromatic carbocycles. The number of carbonyl (C=O) groups excluding carboxylic acids is 1. The molecule has 0 atom stereocenters. The lowest BCUT2D eigenvalue weighted by Crippen LogP contribution is -2.13. The van der Waals surface area contributed by atoms with E-state index in [1.807, 2.05) is 83.6 Å². The molecular weight excluding hydrogens is 474 g/mol. The van der Waals surface area contributed by atoms with Crippen LogP contribution in [0, 0.1) is 11.3 Å². The Kier molecular flexibility index (Phi) is 6.36. The van der Waals surface area contributed by atoms with Crippen LogP contribution in [0.1, 0.15) is 16.3 Å². The predicted molar refractivity (Wildman–Crippen MR) is 125 cm³/mol. The Bertz CT molecular complexity index is 1270. The quantitative estimate of drug-likeness (QED) is 0.297. The van der Waals surface area contributed by atoms with Crippen LogP contribution in [0.25, 0.3) is 11.8 Å². The van der Waals surface area contributed by atoms with Gasteiger partial charge < -0.3 is 4.57 Å². The molecule has 0 spiro atoms. The van der Waals surface area contributed by atoms with Crippen LogP contribution in [0.3, 0.4) is 0 Å². The molecule has 1 N–H and O–H groups in total. The lowest BCUT2D eigenvalue weighted by atomic mass is 10.2. The van der Waals surface area contributed by atoms with Gasteiger partial charge in [0.25, 0.3) is 5.91 Å². The molecule has 0 fully saturated rings. The summed E-state index contributed by atoms with van der Waals surface area (Å²) in [6, 6.07) is 23.4. The summed E-state index contributed by atoms with van der Waals surface area (Å²) in [7, 11) is 0. The molecule has 2 heterocycles. The van der Waals surface area contributed by atoms with Gasteiger partial charge in [-0.05, 0) is 48.0 Å². The molecule has 0 saturated carbocycles. The third kappa shape index (κ3) is 5.15. The number of halogens is 1.